The van der Waals surface area contributed by atoms with E-state index in [1.54, 1.807) is 24.3 Å². The normalized spacial score (nSPS) is 10.9. The van der Waals surface area contributed by atoms with Crippen LogP contribution in [0.3, 0.4) is 0 Å². The summed E-state index contributed by atoms with van der Waals surface area (Å²) in [4.78, 5) is 10.9. The van der Waals surface area contributed by atoms with Gasteiger partial charge >= 0.3 is 15.3 Å². The van der Waals surface area contributed by atoms with Gasteiger partial charge in [0.15, 0.2) is 0 Å². The molecule has 0 unspecified atom stereocenters. The zero-order chi connectivity index (χ0) is 12.2. The van der Waals surface area contributed by atoms with Crippen LogP contribution in [0.15, 0.2) is 24.3 Å². The molecule has 0 saturated carbocycles. The lowest BCUT2D eigenvalue weighted by Crippen LogP contribution is -2.27. The molecular formula is C8H7Cl2NO4S. The molecule has 1 amide bonds. The molecule has 1 aromatic rings. The highest BCUT2D eigenvalue weighted by Gasteiger charge is 2.11. The first-order valence-corrected chi connectivity index (χ1v) is 6.69. The van der Waals surface area contributed by atoms with Gasteiger partial charge in [0.05, 0.1) is 0 Å². The Hall–Kier alpha value is -0.980. The summed E-state index contributed by atoms with van der Waals surface area (Å²) in [7, 11) is 0.660. The number of benzene rings is 1. The van der Waals surface area contributed by atoms with Crippen LogP contribution in [-0.4, -0.2) is 14.5 Å². The largest absolute Gasteiger partial charge is 0.444 e. The molecule has 0 heterocycles. The van der Waals surface area contributed by atoms with E-state index in [1.165, 1.54) is 4.72 Å². The molecule has 0 fully saturated rings. The van der Waals surface area contributed by atoms with Gasteiger partial charge in [-0.15, -0.1) is 0 Å². The first kappa shape index (κ1) is 13.1. The summed E-state index contributed by atoms with van der Waals surface area (Å²) in [5.41, 5.74) is 0.634. The van der Waals surface area contributed by atoms with E-state index >= 15 is 0 Å². The highest BCUT2D eigenvalue weighted by atomic mass is 35.7. The van der Waals surface area contributed by atoms with Gasteiger partial charge in [0.25, 0.3) is 0 Å². The Morgan fingerprint density at radius 2 is 2.12 bits per heavy atom. The monoisotopic (exact) mass is 283 g/mol. The standard InChI is InChI=1S/C8H7Cl2NO4S/c9-7-3-1-2-6(4-7)5-15-8(12)11-16(10,13)14/h1-4H,5H2,(H,11,12). The van der Waals surface area contributed by atoms with E-state index in [0.717, 1.165) is 0 Å². The highest BCUT2D eigenvalue weighted by Crippen LogP contribution is 2.11. The summed E-state index contributed by atoms with van der Waals surface area (Å²) >= 11 is 5.69. The third kappa shape index (κ3) is 5.20. The average molecular weight is 284 g/mol. The fraction of sp³-hybridized carbons (Fsp3) is 0.125. The van der Waals surface area contributed by atoms with Crippen LogP contribution in [0.5, 0.6) is 0 Å². The number of rotatable bonds is 3. The van der Waals surface area contributed by atoms with Gasteiger partial charge in [0, 0.05) is 15.7 Å². The molecule has 16 heavy (non-hydrogen) atoms. The second-order valence-corrected chi connectivity index (χ2v) is 5.48. The fourth-order valence-corrected chi connectivity index (χ4v) is 1.56. The zero-order valence-electron chi connectivity index (χ0n) is 7.81. The van der Waals surface area contributed by atoms with Crippen molar-refractivity contribution in [3.8, 4) is 0 Å². The van der Waals surface area contributed by atoms with E-state index in [0.29, 0.717) is 10.6 Å². The quantitative estimate of drug-likeness (QED) is 0.862. The maximum Gasteiger partial charge on any atom is 0.422 e. The van der Waals surface area contributed by atoms with Gasteiger partial charge in [-0.1, -0.05) is 23.7 Å². The molecular weight excluding hydrogens is 277 g/mol. The van der Waals surface area contributed by atoms with Gasteiger partial charge in [0.2, 0.25) is 0 Å². The SMILES string of the molecule is O=C(NS(=O)(=O)Cl)OCc1cccc(Cl)c1. The number of carbonyl (C=O) groups excluding carboxylic acids is 1. The van der Waals surface area contributed by atoms with Crippen molar-refractivity contribution in [1.82, 2.24) is 4.72 Å². The minimum Gasteiger partial charge on any atom is -0.444 e. The number of hydrogen-bond donors (Lipinski definition) is 1. The molecule has 1 rings (SSSR count). The number of ether oxygens (including phenoxy) is 1. The Labute approximate surface area is 102 Å². The van der Waals surface area contributed by atoms with Crippen LogP contribution >= 0.6 is 22.3 Å². The van der Waals surface area contributed by atoms with Crippen molar-refractivity contribution >= 4 is 37.6 Å². The minimum atomic E-state index is -4.11. The maximum absolute atomic E-state index is 10.9. The third-order valence-electron chi connectivity index (χ3n) is 1.46. The van der Waals surface area contributed by atoms with E-state index in [9.17, 15) is 13.2 Å². The van der Waals surface area contributed by atoms with Crippen molar-refractivity contribution in [2.45, 2.75) is 6.61 Å². The third-order valence-corrected chi connectivity index (χ3v) is 2.34. The Balaban J connectivity index is 2.49. The van der Waals surface area contributed by atoms with Crippen LogP contribution in [0.1, 0.15) is 5.56 Å². The van der Waals surface area contributed by atoms with Crippen LogP contribution in [0.4, 0.5) is 4.79 Å². The summed E-state index contributed by atoms with van der Waals surface area (Å²) in [6, 6.07) is 6.60. The smallest absolute Gasteiger partial charge is 0.422 e. The Kier molecular flexibility index (Phi) is 4.40. The van der Waals surface area contributed by atoms with E-state index in [4.69, 9.17) is 22.3 Å². The van der Waals surface area contributed by atoms with Gasteiger partial charge in [-0.3, -0.25) is 0 Å². The summed E-state index contributed by atoms with van der Waals surface area (Å²) < 4.78 is 26.9. The van der Waals surface area contributed by atoms with Crippen LogP contribution in [0, 0.1) is 0 Å². The fourth-order valence-electron chi connectivity index (χ4n) is 0.905. The van der Waals surface area contributed by atoms with Crippen molar-refractivity contribution in [1.29, 1.82) is 0 Å². The van der Waals surface area contributed by atoms with E-state index < -0.39 is 15.3 Å². The second-order valence-electron chi connectivity index (χ2n) is 2.75. The molecule has 0 saturated heterocycles. The molecule has 8 heteroatoms. The van der Waals surface area contributed by atoms with E-state index in [2.05, 4.69) is 4.74 Å². The van der Waals surface area contributed by atoms with Crippen molar-refractivity contribution in [3.05, 3.63) is 34.9 Å². The van der Waals surface area contributed by atoms with Crippen molar-refractivity contribution < 1.29 is 17.9 Å². The lowest BCUT2D eigenvalue weighted by Gasteiger charge is -2.04. The van der Waals surface area contributed by atoms with Crippen molar-refractivity contribution in [2.75, 3.05) is 0 Å². The van der Waals surface area contributed by atoms with Crippen LogP contribution in [-0.2, 0) is 20.6 Å². The predicted octanol–water partition coefficient (Wildman–Crippen LogP) is 2.05. The van der Waals surface area contributed by atoms with Crippen LogP contribution in [0.25, 0.3) is 0 Å². The van der Waals surface area contributed by atoms with Gasteiger partial charge in [0.1, 0.15) is 6.61 Å². The average Bonchev–Trinajstić information content (AvgIpc) is 2.12. The molecule has 1 N–H and O–H groups in total. The molecule has 88 valence electrons. The highest BCUT2D eigenvalue weighted by molar-refractivity contribution is 8.12. The molecule has 0 spiro atoms. The summed E-state index contributed by atoms with van der Waals surface area (Å²) in [6.07, 6.45) is -1.14. The molecule has 0 aromatic heterocycles. The Bertz CT molecular complexity index is 489. The summed E-state index contributed by atoms with van der Waals surface area (Å²) in [6.45, 7) is -0.0984. The van der Waals surface area contributed by atoms with Crippen LogP contribution in [0.2, 0.25) is 5.02 Å². The first-order chi connectivity index (χ1) is 7.37. The van der Waals surface area contributed by atoms with Gasteiger partial charge in [-0.2, -0.15) is 8.42 Å². The Morgan fingerprint density at radius 1 is 1.44 bits per heavy atom. The number of carbonyl (C=O) groups is 1. The first-order valence-electron chi connectivity index (χ1n) is 4.00. The molecule has 5 nitrogen and oxygen atoms in total. The summed E-state index contributed by atoms with van der Waals surface area (Å²) in [5.74, 6) is 0. The number of hydrogen-bond acceptors (Lipinski definition) is 4. The van der Waals surface area contributed by atoms with Crippen molar-refractivity contribution in [3.63, 3.8) is 0 Å². The summed E-state index contributed by atoms with van der Waals surface area (Å²) in [5, 5.41) is 0.492. The zero-order valence-corrected chi connectivity index (χ0v) is 10.1. The molecule has 1 aromatic carbocycles. The van der Waals surface area contributed by atoms with E-state index in [-0.39, 0.29) is 6.61 Å². The molecule has 0 atom stereocenters. The molecule has 0 bridgehead atoms. The van der Waals surface area contributed by atoms with Gasteiger partial charge < -0.3 is 4.74 Å². The topological polar surface area (TPSA) is 72.5 Å². The van der Waals surface area contributed by atoms with Crippen LogP contribution < -0.4 is 4.72 Å². The lowest BCUT2D eigenvalue weighted by atomic mass is 10.2. The van der Waals surface area contributed by atoms with E-state index in [1.807, 2.05) is 0 Å². The number of halogens is 2. The second kappa shape index (κ2) is 5.38. The molecule has 0 aliphatic heterocycles. The minimum absolute atomic E-state index is 0.0984. The Morgan fingerprint density at radius 3 is 2.69 bits per heavy atom. The van der Waals surface area contributed by atoms with Gasteiger partial charge in [-0.25, -0.2) is 9.52 Å². The maximum atomic E-state index is 10.9. The van der Waals surface area contributed by atoms with Gasteiger partial charge in [-0.05, 0) is 17.7 Å². The molecule has 0 aliphatic carbocycles. The number of amides is 1. The molecule has 0 radical (unpaired) electrons. The molecule has 0 aliphatic rings. The van der Waals surface area contributed by atoms with Crippen molar-refractivity contribution in [2.24, 2.45) is 0 Å². The lowest BCUT2D eigenvalue weighted by molar-refractivity contribution is 0.146. The predicted molar refractivity (Wildman–Crippen MR) is 59.5 cm³/mol. The number of nitrogens with one attached hydrogen (secondary N) is 1.